The second-order valence-corrected chi connectivity index (χ2v) is 8.28. The van der Waals surface area contributed by atoms with Gasteiger partial charge in [0.15, 0.2) is 11.4 Å². The number of rotatable bonds is 3. The zero-order valence-corrected chi connectivity index (χ0v) is 17.8. The van der Waals surface area contributed by atoms with E-state index in [9.17, 15) is 19.8 Å². The number of aliphatic hydroxyl groups excluding tert-OH is 1. The fourth-order valence-electron chi connectivity index (χ4n) is 3.22. The fourth-order valence-corrected chi connectivity index (χ4v) is 3.97. The summed E-state index contributed by atoms with van der Waals surface area (Å²) in [4.78, 5) is 26.0. The van der Waals surface area contributed by atoms with E-state index in [1.165, 1.54) is 18.7 Å². The number of thioether (sulfide) groups is 1. The highest BCUT2D eigenvalue weighted by Gasteiger charge is 2.42. The zero-order valence-electron chi connectivity index (χ0n) is 16.9. The minimum absolute atomic E-state index is 0.0377. The van der Waals surface area contributed by atoms with E-state index in [4.69, 9.17) is 4.74 Å². The summed E-state index contributed by atoms with van der Waals surface area (Å²) >= 11 is 1.41. The van der Waals surface area contributed by atoms with E-state index >= 15 is 0 Å². The molecular weight excluding hydrogens is 364 g/mol. The second kappa shape index (κ2) is 10.2. The number of ketones is 1. The van der Waals surface area contributed by atoms with Gasteiger partial charge < -0.3 is 14.9 Å². The molecule has 2 N–H and O–H groups in total. The number of carbonyl (C=O) groups is 2. The van der Waals surface area contributed by atoms with Crippen LogP contribution in [0.4, 0.5) is 0 Å². The van der Waals surface area contributed by atoms with E-state index < -0.39 is 36.0 Å². The monoisotopic (exact) mass is 396 g/mol. The largest absolute Gasteiger partial charge is 0.457 e. The highest BCUT2D eigenvalue weighted by Crippen LogP contribution is 2.30. The molecule has 0 aromatic rings. The van der Waals surface area contributed by atoms with E-state index in [0.29, 0.717) is 12.8 Å². The van der Waals surface area contributed by atoms with Gasteiger partial charge in [-0.15, -0.1) is 11.8 Å². The van der Waals surface area contributed by atoms with Crippen molar-refractivity contribution in [3.8, 4) is 0 Å². The molecule has 1 aliphatic rings. The van der Waals surface area contributed by atoms with Gasteiger partial charge in [0.25, 0.3) is 0 Å². The molecule has 1 aliphatic heterocycles. The van der Waals surface area contributed by atoms with E-state index in [2.05, 4.69) is 6.58 Å². The molecule has 0 radical (unpaired) electrons. The predicted octanol–water partition coefficient (Wildman–Crippen LogP) is 3.42. The van der Waals surface area contributed by atoms with Crippen molar-refractivity contribution in [2.24, 2.45) is 11.8 Å². The maximum absolute atomic E-state index is 12.8. The Morgan fingerprint density at radius 3 is 2.52 bits per heavy atom. The normalized spacial score (nSPS) is 35.5. The molecule has 0 amide bonds. The first-order chi connectivity index (χ1) is 12.6. The van der Waals surface area contributed by atoms with Gasteiger partial charge in [-0.3, -0.25) is 9.59 Å². The van der Waals surface area contributed by atoms with Gasteiger partial charge in [-0.25, -0.2) is 0 Å². The van der Waals surface area contributed by atoms with E-state index in [1.807, 2.05) is 39.2 Å². The van der Waals surface area contributed by atoms with Gasteiger partial charge in [0.05, 0.1) is 6.61 Å². The molecule has 0 saturated heterocycles. The Balaban J connectivity index is 3.38. The predicted molar refractivity (Wildman–Crippen MR) is 109 cm³/mol. The zero-order chi connectivity index (χ0) is 20.8. The van der Waals surface area contributed by atoms with Gasteiger partial charge in [0.2, 0.25) is 0 Å². The number of allylic oxidation sites excluding steroid dienone is 3. The summed E-state index contributed by atoms with van der Waals surface area (Å²) < 4.78 is 5.52. The summed E-state index contributed by atoms with van der Waals surface area (Å²) in [5.74, 6) is -2.45. The second-order valence-electron chi connectivity index (χ2n) is 7.35. The SMILES string of the molecule is C=C1/C=C(\C)[C@H](CC)OC(=O)[C@H](C)C(=O)[C@](O)(CO)C/C(SC)=C/[C@@H](C)C1. The summed E-state index contributed by atoms with van der Waals surface area (Å²) in [7, 11) is 0. The van der Waals surface area contributed by atoms with Gasteiger partial charge in [-0.05, 0) is 49.3 Å². The smallest absolute Gasteiger partial charge is 0.316 e. The number of aliphatic hydroxyl groups is 2. The topological polar surface area (TPSA) is 83.8 Å². The van der Waals surface area contributed by atoms with Crippen LogP contribution in [0.3, 0.4) is 0 Å². The molecule has 0 aromatic heterocycles. The highest BCUT2D eigenvalue weighted by atomic mass is 32.2. The lowest BCUT2D eigenvalue weighted by Gasteiger charge is -2.29. The number of esters is 1. The van der Waals surface area contributed by atoms with E-state index in [1.54, 1.807) is 0 Å². The van der Waals surface area contributed by atoms with Crippen LogP contribution in [-0.2, 0) is 14.3 Å². The summed E-state index contributed by atoms with van der Waals surface area (Å²) in [5.41, 5.74) is -0.225. The molecule has 0 fully saturated rings. The maximum atomic E-state index is 12.8. The Morgan fingerprint density at radius 1 is 1.37 bits per heavy atom. The third-order valence-electron chi connectivity index (χ3n) is 4.82. The van der Waals surface area contributed by atoms with Crippen molar-refractivity contribution in [1.82, 2.24) is 0 Å². The Labute approximate surface area is 166 Å². The average Bonchev–Trinajstić information content (AvgIpc) is 2.62. The minimum Gasteiger partial charge on any atom is -0.457 e. The molecule has 0 saturated carbocycles. The number of ether oxygens (including phenoxy) is 1. The molecule has 0 aliphatic carbocycles. The van der Waals surface area contributed by atoms with Crippen molar-refractivity contribution in [2.75, 3.05) is 12.9 Å². The number of hydrogen-bond donors (Lipinski definition) is 2. The Kier molecular flexibility index (Phi) is 8.99. The van der Waals surface area contributed by atoms with Crippen molar-refractivity contribution in [2.45, 2.75) is 58.7 Å². The van der Waals surface area contributed by atoms with Crippen molar-refractivity contribution >= 4 is 23.5 Å². The standard InChI is InChI=1S/C21H32O5S/c1-7-18-15(4)9-13(2)8-14(3)10-17(27-6)11-21(25,12-22)19(23)16(5)20(24)26-18/h9-10,14,16,18,22,25H,2,7-8,11-12H2,1,3-6H3/b15-9+,17-10-/t14-,16+,18-,21+/m0/s1. The van der Waals surface area contributed by atoms with Crippen LogP contribution in [0.1, 0.15) is 47.0 Å². The van der Waals surface area contributed by atoms with Crippen LogP contribution < -0.4 is 0 Å². The van der Waals surface area contributed by atoms with Crippen LogP contribution in [0, 0.1) is 11.8 Å². The molecule has 4 atom stereocenters. The third kappa shape index (κ3) is 6.33. The van der Waals surface area contributed by atoms with Crippen LogP contribution in [0.15, 0.2) is 34.8 Å². The number of hydrogen-bond acceptors (Lipinski definition) is 6. The molecule has 152 valence electrons. The van der Waals surface area contributed by atoms with Crippen molar-refractivity contribution in [1.29, 1.82) is 0 Å². The van der Waals surface area contributed by atoms with Crippen molar-refractivity contribution < 1.29 is 24.5 Å². The minimum atomic E-state index is -2.01. The van der Waals surface area contributed by atoms with E-state index in [-0.39, 0.29) is 12.3 Å². The molecule has 0 aromatic carbocycles. The van der Waals surface area contributed by atoms with Crippen molar-refractivity contribution in [3.05, 3.63) is 34.8 Å². The van der Waals surface area contributed by atoms with Crippen LogP contribution >= 0.6 is 11.8 Å². The summed E-state index contributed by atoms with van der Waals surface area (Å²) in [5, 5.41) is 20.5. The first-order valence-electron chi connectivity index (χ1n) is 9.26. The quantitative estimate of drug-likeness (QED) is 0.562. The molecule has 27 heavy (non-hydrogen) atoms. The molecule has 5 nitrogen and oxygen atoms in total. The Hall–Kier alpha value is -1.37. The van der Waals surface area contributed by atoms with Gasteiger partial charge in [-0.1, -0.05) is 38.2 Å². The molecular formula is C21H32O5S. The van der Waals surface area contributed by atoms with Gasteiger partial charge >= 0.3 is 5.97 Å². The van der Waals surface area contributed by atoms with Crippen LogP contribution in [0.2, 0.25) is 0 Å². The fraction of sp³-hybridized carbons (Fsp3) is 0.619. The first kappa shape index (κ1) is 23.7. The molecule has 1 rings (SSSR count). The number of carbonyl (C=O) groups excluding carboxylic acids is 2. The number of Topliss-reactive ketones (excluding diaryl/α,β-unsaturated/α-hetero) is 1. The summed E-state index contributed by atoms with van der Waals surface area (Å²) in [6, 6.07) is 0. The van der Waals surface area contributed by atoms with Crippen LogP contribution in [-0.4, -0.2) is 46.5 Å². The highest BCUT2D eigenvalue weighted by molar-refractivity contribution is 8.02. The number of cyclic esters (lactones) is 1. The summed E-state index contributed by atoms with van der Waals surface area (Å²) in [6.45, 7) is 10.6. The molecule has 0 unspecified atom stereocenters. The first-order valence-corrected chi connectivity index (χ1v) is 10.5. The lowest BCUT2D eigenvalue weighted by molar-refractivity contribution is -0.161. The van der Waals surface area contributed by atoms with Gasteiger partial charge in [-0.2, -0.15) is 0 Å². The average molecular weight is 397 g/mol. The third-order valence-corrected chi connectivity index (χ3v) is 5.62. The Morgan fingerprint density at radius 2 is 2.00 bits per heavy atom. The molecule has 0 bridgehead atoms. The van der Waals surface area contributed by atoms with E-state index in [0.717, 1.165) is 16.1 Å². The van der Waals surface area contributed by atoms with Crippen LogP contribution in [0.5, 0.6) is 0 Å². The van der Waals surface area contributed by atoms with Gasteiger partial charge in [0, 0.05) is 6.42 Å². The van der Waals surface area contributed by atoms with Crippen molar-refractivity contribution in [3.63, 3.8) is 0 Å². The van der Waals surface area contributed by atoms with Crippen LogP contribution in [0.25, 0.3) is 0 Å². The molecule has 6 heteroatoms. The summed E-state index contributed by atoms with van der Waals surface area (Å²) in [6.07, 6.45) is 6.55. The molecule has 0 spiro atoms. The maximum Gasteiger partial charge on any atom is 0.316 e. The Bertz CT molecular complexity index is 636. The lowest BCUT2D eigenvalue weighted by Crippen LogP contribution is -2.48. The molecule has 1 heterocycles. The van der Waals surface area contributed by atoms with Gasteiger partial charge in [0.1, 0.15) is 12.0 Å². The lowest BCUT2D eigenvalue weighted by atomic mass is 9.86.